The molecule has 0 unspecified atom stereocenters. The molecule has 7 heteroatoms. The quantitative estimate of drug-likeness (QED) is 0.856. The maximum absolute atomic E-state index is 12.4. The minimum absolute atomic E-state index is 0.0955. The summed E-state index contributed by atoms with van der Waals surface area (Å²) in [6, 6.07) is 7.96. The molecule has 0 saturated carbocycles. The number of fused-ring (bicyclic) bond motifs is 1. The molecule has 1 fully saturated rings. The molecule has 0 atom stereocenters. The average molecular weight is 330 g/mol. The minimum Gasteiger partial charge on any atom is -0.450 e. The second-order valence-electron chi connectivity index (χ2n) is 5.74. The summed E-state index contributed by atoms with van der Waals surface area (Å²) in [5.41, 5.74) is 1.04. The Morgan fingerprint density at radius 2 is 1.83 bits per heavy atom. The molecular weight excluding hydrogens is 308 g/mol. The Bertz CT molecular complexity index is 719. The number of amides is 2. The van der Waals surface area contributed by atoms with Crippen molar-refractivity contribution >= 4 is 22.9 Å². The monoisotopic (exact) mass is 330 g/mol. The van der Waals surface area contributed by atoms with E-state index in [9.17, 15) is 9.59 Å². The first-order valence-corrected chi connectivity index (χ1v) is 8.29. The van der Waals surface area contributed by atoms with Crippen molar-refractivity contribution in [3.8, 4) is 0 Å². The largest absolute Gasteiger partial charge is 0.450 e. The van der Waals surface area contributed by atoms with Gasteiger partial charge in [-0.15, -0.1) is 0 Å². The SMILES string of the molecule is CCOC(=O)N1CCN(C(=O)CCn2ncc3ccccc32)CC1. The molecule has 1 aromatic carbocycles. The van der Waals surface area contributed by atoms with Crippen LogP contribution in [0.4, 0.5) is 4.79 Å². The number of aryl methyl sites for hydroxylation is 1. The zero-order valence-corrected chi connectivity index (χ0v) is 13.9. The van der Waals surface area contributed by atoms with E-state index in [2.05, 4.69) is 5.10 Å². The van der Waals surface area contributed by atoms with Crippen LogP contribution in [0.1, 0.15) is 13.3 Å². The summed E-state index contributed by atoms with van der Waals surface area (Å²) >= 11 is 0. The number of carbonyl (C=O) groups excluding carboxylic acids is 2. The van der Waals surface area contributed by atoms with Gasteiger partial charge in [-0.25, -0.2) is 4.79 Å². The van der Waals surface area contributed by atoms with E-state index in [1.807, 2.05) is 35.1 Å². The first-order chi connectivity index (χ1) is 11.7. The fourth-order valence-electron chi connectivity index (χ4n) is 2.92. The zero-order valence-electron chi connectivity index (χ0n) is 13.9. The van der Waals surface area contributed by atoms with Crippen molar-refractivity contribution in [1.82, 2.24) is 19.6 Å². The predicted octanol–water partition coefficient (Wildman–Crippen LogP) is 1.73. The summed E-state index contributed by atoms with van der Waals surface area (Å²) in [7, 11) is 0. The van der Waals surface area contributed by atoms with Gasteiger partial charge in [0.05, 0.1) is 24.9 Å². The molecule has 1 aromatic heterocycles. The summed E-state index contributed by atoms with van der Waals surface area (Å²) in [6.45, 7) is 4.87. The lowest BCUT2D eigenvalue weighted by Gasteiger charge is -2.34. The van der Waals surface area contributed by atoms with Crippen molar-refractivity contribution in [1.29, 1.82) is 0 Å². The van der Waals surface area contributed by atoms with Crippen molar-refractivity contribution in [3.63, 3.8) is 0 Å². The Labute approximate surface area is 140 Å². The normalized spacial score (nSPS) is 14.9. The Balaban J connectivity index is 1.50. The number of benzene rings is 1. The van der Waals surface area contributed by atoms with Gasteiger partial charge in [-0.05, 0) is 13.0 Å². The number of rotatable bonds is 4. The predicted molar refractivity (Wildman–Crippen MR) is 89.5 cm³/mol. The number of aromatic nitrogens is 2. The summed E-state index contributed by atoms with van der Waals surface area (Å²) < 4.78 is 6.85. The van der Waals surface area contributed by atoms with E-state index >= 15 is 0 Å². The van der Waals surface area contributed by atoms with Crippen LogP contribution in [0.15, 0.2) is 30.5 Å². The molecule has 2 aromatic rings. The Morgan fingerprint density at radius 1 is 1.12 bits per heavy atom. The van der Waals surface area contributed by atoms with Crippen LogP contribution in [0, 0.1) is 0 Å². The van der Waals surface area contributed by atoms with E-state index in [1.54, 1.807) is 16.7 Å². The highest BCUT2D eigenvalue weighted by molar-refractivity contribution is 5.79. The number of hydrogen-bond acceptors (Lipinski definition) is 4. The standard InChI is InChI=1S/C17H22N4O3/c1-2-24-17(23)20-11-9-19(10-12-20)16(22)7-8-21-15-6-4-3-5-14(15)13-18-21/h3-6,13H,2,7-12H2,1H3. The fraction of sp³-hybridized carbons (Fsp3) is 0.471. The lowest BCUT2D eigenvalue weighted by atomic mass is 10.2. The summed E-state index contributed by atoms with van der Waals surface area (Å²) in [5.74, 6) is 0.0955. The first-order valence-electron chi connectivity index (χ1n) is 8.29. The summed E-state index contributed by atoms with van der Waals surface area (Å²) in [5, 5.41) is 5.42. The summed E-state index contributed by atoms with van der Waals surface area (Å²) in [6.07, 6.45) is 1.93. The molecule has 3 rings (SSSR count). The van der Waals surface area contributed by atoms with Gasteiger partial charge < -0.3 is 14.5 Å². The molecule has 0 bridgehead atoms. The molecule has 0 spiro atoms. The van der Waals surface area contributed by atoms with Crippen molar-refractivity contribution in [2.75, 3.05) is 32.8 Å². The lowest BCUT2D eigenvalue weighted by molar-refractivity contribution is -0.133. The molecule has 1 aliphatic heterocycles. The molecular formula is C17H22N4O3. The number of para-hydroxylation sites is 1. The molecule has 1 saturated heterocycles. The van der Waals surface area contributed by atoms with Crippen molar-refractivity contribution in [3.05, 3.63) is 30.5 Å². The van der Waals surface area contributed by atoms with E-state index in [0.717, 1.165) is 10.9 Å². The van der Waals surface area contributed by atoms with E-state index in [0.29, 0.717) is 45.8 Å². The average Bonchev–Trinajstić information content (AvgIpc) is 3.03. The molecule has 2 amide bonds. The highest BCUT2D eigenvalue weighted by Crippen LogP contribution is 2.13. The molecule has 0 aliphatic carbocycles. The summed E-state index contributed by atoms with van der Waals surface area (Å²) in [4.78, 5) is 27.5. The third-order valence-corrected chi connectivity index (χ3v) is 4.25. The van der Waals surface area contributed by atoms with Gasteiger partial charge >= 0.3 is 6.09 Å². The van der Waals surface area contributed by atoms with E-state index in [1.165, 1.54) is 0 Å². The highest BCUT2D eigenvalue weighted by atomic mass is 16.6. The highest BCUT2D eigenvalue weighted by Gasteiger charge is 2.24. The van der Waals surface area contributed by atoms with Crippen LogP contribution in [0.2, 0.25) is 0 Å². The van der Waals surface area contributed by atoms with E-state index in [4.69, 9.17) is 4.74 Å². The van der Waals surface area contributed by atoms with Gasteiger partial charge in [-0.1, -0.05) is 18.2 Å². The van der Waals surface area contributed by atoms with Crippen LogP contribution in [-0.4, -0.2) is 64.4 Å². The molecule has 24 heavy (non-hydrogen) atoms. The first kappa shape index (κ1) is 16.3. The van der Waals surface area contributed by atoms with Crippen LogP contribution >= 0.6 is 0 Å². The third-order valence-electron chi connectivity index (χ3n) is 4.25. The number of hydrogen-bond donors (Lipinski definition) is 0. The fourth-order valence-corrected chi connectivity index (χ4v) is 2.92. The van der Waals surface area contributed by atoms with Gasteiger partial charge in [-0.3, -0.25) is 9.48 Å². The maximum atomic E-state index is 12.4. The van der Waals surface area contributed by atoms with E-state index < -0.39 is 0 Å². The van der Waals surface area contributed by atoms with Crippen molar-refractivity contribution in [2.24, 2.45) is 0 Å². The molecule has 1 aliphatic rings. The topological polar surface area (TPSA) is 67.7 Å². The number of ether oxygens (including phenoxy) is 1. The molecule has 128 valence electrons. The second kappa shape index (κ2) is 7.33. The lowest BCUT2D eigenvalue weighted by Crippen LogP contribution is -2.50. The van der Waals surface area contributed by atoms with Crippen LogP contribution in [0.25, 0.3) is 10.9 Å². The van der Waals surface area contributed by atoms with Crippen molar-refractivity contribution < 1.29 is 14.3 Å². The molecule has 0 radical (unpaired) electrons. The van der Waals surface area contributed by atoms with Gasteiger partial charge in [-0.2, -0.15) is 5.10 Å². The number of nitrogens with zero attached hydrogens (tertiary/aromatic N) is 4. The van der Waals surface area contributed by atoms with Crippen LogP contribution in [-0.2, 0) is 16.1 Å². The molecule has 7 nitrogen and oxygen atoms in total. The Kier molecular flexibility index (Phi) is 4.98. The smallest absolute Gasteiger partial charge is 0.409 e. The third kappa shape index (κ3) is 3.50. The van der Waals surface area contributed by atoms with Gasteiger partial charge in [0.2, 0.25) is 5.91 Å². The minimum atomic E-state index is -0.299. The van der Waals surface area contributed by atoms with Gasteiger partial charge in [0, 0.05) is 38.0 Å². The zero-order chi connectivity index (χ0) is 16.9. The van der Waals surface area contributed by atoms with Crippen LogP contribution in [0.5, 0.6) is 0 Å². The van der Waals surface area contributed by atoms with Crippen molar-refractivity contribution in [2.45, 2.75) is 19.9 Å². The molecule has 2 heterocycles. The number of piperazine rings is 1. The second-order valence-corrected chi connectivity index (χ2v) is 5.74. The Hall–Kier alpha value is -2.57. The molecule has 0 N–H and O–H groups in total. The Morgan fingerprint density at radius 3 is 2.58 bits per heavy atom. The van der Waals surface area contributed by atoms with Crippen LogP contribution < -0.4 is 0 Å². The van der Waals surface area contributed by atoms with Gasteiger partial charge in [0.1, 0.15) is 0 Å². The van der Waals surface area contributed by atoms with Gasteiger partial charge in [0.15, 0.2) is 0 Å². The van der Waals surface area contributed by atoms with E-state index in [-0.39, 0.29) is 12.0 Å². The number of carbonyl (C=O) groups is 2. The van der Waals surface area contributed by atoms with Gasteiger partial charge in [0.25, 0.3) is 0 Å². The van der Waals surface area contributed by atoms with Crippen LogP contribution in [0.3, 0.4) is 0 Å². The maximum Gasteiger partial charge on any atom is 0.409 e.